The quantitative estimate of drug-likeness (QED) is 0.891. The first-order valence-electron chi connectivity index (χ1n) is 8.26. The van der Waals surface area contributed by atoms with E-state index in [1.165, 1.54) is 11.1 Å². The Hall–Kier alpha value is -2.14. The molecule has 5 heteroatoms. The molecular weight excluding hydrogens is 290 g/mol. The zero-order valence-corrected chi connectivity index (χ0v) is 13.5. The van der Waals surface area contributed by atoms with Gasteiger partial charge in [-0.2, -0.15) is 5.10 Å². The number of carbonyl (C=O) groups excluding carboxylic acids is 1. The molecule has 1 aromatic heterocycles. The molecule has 3 rings (SSSR count). The van der Waals surface area contributed by atoms with Crippen molar-refractivity contribution in [1.29, 1.82) is 0 Å². The molecule has 0 fully saturated rings. The second-order valence-electron chi connectivity index (χ2n) is 5.91. The number of carbonyl (C=O) groups is 1. The summed E-state index contributed by atoms with van der Waals surface area (Å²) in [6, 6.07) is 8.42. The van der Waals surface area contributed by atoms with Crippen molar-refractivity contribution in [2.75, 3.05) is 13.2 Å². The Morgan fingerprint density at radius 1 is 1.43 bits per heavy atom. The molecule has 1 aliphatic carbocycles. The normalized spacial score (nSPS) is 16.3. The fourth-order valence-corrected chi connectivity index (χ4v) is 3.31. The van der Waals surface area contributed by atoms with Crippen LogP contribution in [0.4, 0.5) is 0 Å². The maximum Gasteiger partial charge on any atom is 0.257 e. The van der Waals surface area contributed by atoms with Crippen molar-refractivity contribution in [1.82, 2.24) is 14.7 Å². The fraction of sp³-hybridized carbons (Fsp3) is 0.444. The third-order valence-corrected chi connectivity index (χ3v) is 4.50. The van der Waals surface area contributed by atoms with Crippen molar-refractivity contribution in [2.24, 2.45) is 0 Å². The van der Waals surface area contributed by atoms with Crippen LogP contribution in [0.3, 0.4) is 0 Å². The van der Waals surface area contributed by atoms with E-state index in [0.29, 0.717) is 18.5 Å². The van der Waals surface area contributed by atoms with Gasteiger partial charge in [0.1, 0.15) is 0 Å². The number of nitrogens with zero attached hydrogens (tertiary/aromatic N) is 3. The maximum atomic E-state index is 13.0. The lowest BCUT2D eigenvalue weighted by molar-refractivity contribution is 0.0661. The van der Waals surface area contributed by atoms with Crippen LogP contribution >= 0.6 is 0 Å². The Morgan fingerprint density at radius 2 is 2.26 bits per heavy atom. The molecule has 5 nitrogen and oxygen atoms in total. The van der Waals surface area contributed by atoms with Crippen LogP contribution in [0.15, 0.2) is 36.7 Å². The topological polar surface area (TPSA) is 58.4 Å². The van der Waals surface area contributed by atoms with Crippen LogP contribution in [0.5, 0.6) is 0 Å². The van der Waals surface area contributed by atoms with Crippen molar-refractivity contribution in [2.45, 2.75) is 38.8 Å². The highest BCUT2D eigenvalue weighted by atomic mass is 16.3. The van der Waals surface area contributed by atoms with Crippen molar-refractivity contribution in [3.05, 3.63) is 53.3 Å². The molecule has 23 heavy (non-hydrogen) atoms. The van der Waals surface area contributed by atoms with Crippen LogP contribution in [-0.4, -0.2) is 38.8 Å². The zero-order valence-electron chi connectivity index (χ0n) is 13.5. The van der Waals surface area contributed by atoms with Gasteiger partial charge in [0, 0.05) is 25.9 Å². The molecule has 1 heterocycles. The minimum atomic E-state index is -0.000136. The van der Waals surface area contributed by atoms with E-state index in [0.717, 1.165) is 19.4 Å². The maximum absolute atomic E-state index is 13.0. The van der Waals surface area contributed by atoms with Gasteiger partial charge >= 0.3 is 0 Å². The monoisotopic (exact) mass is 313 g/mol. The van der Waals surface area contributed by atoms with Gasteiger partial charge in [0.2, 0.25) is 0 Å². The Morgan fingerprint density at radius 3 is 3.00 bits per heavy atom. The highest BCUT2D eigenvalue weighted by molar-refractivity contribution is 5.94. The first kappa shape index (κ1) is 15.7. The molecule has 2 aromatic rings. The highest BCUT2D eigenvalue weighted by Gasteiger charge is 2.31. The number of aryl methyl sites for hydroxylation is 2. The summed E-state index contributed by atoms with van der Waals surface area (Å²) in [7, 11) is 0. The predicted octanol–water partition coefficient (Wildman–Crippen LogP) is 2.42. The van der Waals surface area contributed by atoms with Gasteiger partial charge < -0.3 is 10.0 Å². The summed E-state index contributed by atoms with van der Waals surface area (Å²) < 4.78 is 1.76. The van der Waals surface area contributed by atoms with Gasteiger partial charge in [0.25, 0.3) is 5.91 Å². The van der Waals surface area contributed by atoms with Crippen molar-refractivity contribution < 1.29 is 9.90 Å². The van der Waals surface area contributed by atoms with Gasteiger partial charge in [-0.05, 0) is 37.3 Å². The summed E-state index contributed by atoms with van der Waals surface area (Å²) in [6.45, 7) is 3.40. The third kappa shape index (κ3) is 3.15. The van der Waals surface area contributed by atoms with E-state index in [4.69, 9.17) is 0 Å². The summed E-state index contributed by atoms with van der Waals surface area (Å²) in [5.41, 5.74) is 3.18. The molecule has 1 aliphatic rings. The summed E-state index contributed by atoms with van der Waals surface area (Å²) in [5, 5.41) is 13.4. The lowest BCUT2D eigenvalue weighted by Gasteiger charge is -2.29. The molecule has 1 N–H and O–H groups in total. The number of aliphatic hydroxyl groups excluding tert-OH is 1. The smallest absolute Gasteiger partial charge is 0.257 e. The second kappa shape index (κ2) is 6.96. The van der Waals surface area contributed by atoms with Gasteiger partial charge in [0.15, 0.2) is 0 Å². The minimum absolute atomic E-state index is 0.000136. The lowest BCUT2D eigenvalue weighted by Crippen LogP contribution is -2.35. The zero-order chi connectivity index (χ0) is 16.2. The van der Waals surface area contributed by atoms with Crippen LogP contribution in [0.2, 0.25) is 0 Å². The third-order valence-electron chi connectivity index (χ3n) is 4.50. The van der Waals surface area contributed by atoms with Crippen molar-refractivity contribution in [3.63, 3.8) is 0 Å². The van der Waals surface area contributed by atoms with Crippen LogP contribution in [0, 0.1) is 0 Å². The van der Waals surface area contributed by atoms with E-state index in [1.807, 2.05) is 24.0 Å². The number of aliphatic hydroxyl groups is 1. The van der Waals surface area contributed by atoms with E-state index >= 15 is 0 Å². The van der Waals surface area contributed by atoms with Gasteiger partial charge in [-0.15, -0.1) is 0 Å². The van der Waals surface area contributed by atoms with Crippen LogP contribution < -0.4 is 0 Å². The Bertz CT molecular complexity index is 680. The Labute approximate surface area is 136 Å². The Balaban J connectivity index is 1.87. The van der Waals surface area contributed by atoms with Crippen LogP contribution in [0.25, 0.3) is 0 Å². The number of rotatable bonds is 6. The molecule has 1 amide bonds. The number of hydrogen-bond acceptors (Lipinski definition) is 3. The summed E-state index contributed by atoms with van der Waals surface area (Å²) in [5.74, 6) is -0.000136. The number of amides is 1. The summed E-state index contributed by atoms with van der Waals surface area (Å²) >= 11 is 0. The molecule has 0 bridgehead atoms. The SMILES string of the molecule is CCn1cc(C(=O)N(CCCO)C2CCc3ccccc32)cn1. The number of benzene rings is 1. The highest BCUT2D eigenvalue weighted by Crippen LogP contribution is 2.36. The Kier molecular flexibility index (Phi) is 4.76. The van der Waals surface area contributed by atoms with E-state index in [2.05, 4.69) is 17.2 Å². The van der Waals surface area contributed by atoms with Crippen molar-refractivity contribution in [3.8, 4) is 0 Å². The van der Waals surface area contributed by atoms with Crippen LogP contribution in [-0.2, 0) is 13.0 Å². The van der Waals surface area contributed by atoms with E-state index in [1.54, 1.807) is 17.1 Å². The molecule has 0 radical (unpaired) electrons. The van der Waals surface area contributed by atoms with Gasteiger partial charge in [-0.3, -0.25) is 9.48 Å². The van der Waals surface area contributed by atoms with Crippen molar-refractivity contribution >= 4 is 5.91 Å². The number of hydrogen-bond donors (Lipinski definition) is 1. The summed E-state index contributed by atoms with van der Waals surface area (Å²) in [6.07, 6.45) is 5.97. The van der Waals surface area contributed by atoms with E-state index in [-0.39, 0.29) is 18.6 Å². The molecule has 1 unspecified atom stereocenters. The standard InChI is InChI=1S/C18H23N3O2/c1-2-20-13-15(12-19-20)18(23)21(10-5-11-22)17-9-8-14-6-3-4-7-16(14)17/h3-4,6-7,12-13,17,22H,2,5,8-11H2,1H3. The molecule has 1 aromatic carbocycles. The fourth-order valence-electron chi connectivity index (χ4n) is 3.31. The van der Waals surface area contributed by atoms with Gasteiger partial charge in [0.05, 0.1) is 17.8 Å². The van der Waals surface area contributed by atoms with Crippen LogP contribution in [0.1, 0.15) is 47.3 Å². The first-order valence-corrected chi connectivity index (χ1v) is 8.26. The van der Waals surface area contributed by atoms with Gasteiger partial charge in [-0.1, -0.05) is 24.3 Å². The first-order chi connectivity index (χ1) is 11.2. The number of aromatic nitrogens is 2. The predicted molar refractivity (Wildman–Crippen MR) is 88.1 cm³/mol. The average Bonchev–Trinajstić information content (AvgIpc) is 3.22. The molecular formula is C18H23N3O2. The molecule has 0 aliphatic heterocycles. The largest absolute Gasteiger partial charge is 0.396 e. The lowest BCUT2D eigenvalue weighted by atomic mass is 10.1. The summed E-state index contributed by atoms with van der Waals surface area (Å²) in [4.78, 5) is 14.9. The molecule has 122 valence electrons. The van der Waals surface area contributed by atoms with E-state index in [9.17, 15) is 9.90 Å². The molecule has 0 spiro atoms. The number of fused-ring (bicyclic) bond motifs is 1. The second-order valence-corrected chi connectivity index (χ2v) is 5.91. The van der Waals surface area contributed by atoms with E-state index < -0.39 is 0 Å². The molecule has 1 atom stereocenters. The molecule has 0 saturated carbocycles. The molecule has 0 saturated heterocycles. The minimum Gasteiger partial charge on any atom is -0.396 e. The van der Waals surface area contributed by atoms with Gasteiger partial charge in [-0.25, -0.2) is 0 Å². The average molecular weight is 313 g/mol.